The van der Waals surface area contributed by atoms with Crippen LogP contribution in [0.15, 0.2) is 54.6 Å². The first-order chi connectivity index (χ1) is 19.4. The molecule has 0 bridgehead atoms. The van der Waals surface area contributed by atoms with Crippen LogP contribution in [0, 0.1) is 5.92 Å². The average Bonchev–Trinajstić information content (AvgIpc) is 2.94. The van der Waals surface area contributed by atoms with Gasteiger partial charge in [0, 0.05) is 19.3 Å². The quantitative estimate of drug-likeness (QED) is 0.153. The summed E-state index contributed by atoms with van der Waals surface area (Å²) in [6.45, 7) is 3.55. The third-order valence-corrected chi connectivity index (χ3v) is 6.71. The summed E-state index contributed by atoms with van der Waals surface area (Å²) in [7, 11) is 0. The number of carboxylic acid groups (broad SMARTS) is 2. The van der Waals surface area contributed by atoms with Crippen LogP contribution in [0.2, 0.25) is 0 Å². The number of hydrogen-bond donors (Lipinski definition) is 7. The number of nitrogens with one attached hydrogen (secondary N) is 3. The predicted octanol–water partition coefficient (Wildman–Crippen LogP) is 0.955. The molecule has 0 radical (unpaired) electrons. The summed E-state index contributed by atoms with van der Waals surface area (Å²) < 4.78 is 0. The Morgan fingerprint density at radius 2 is 1.34 bits per heavy atom. The summed E-state index contributed by atoms with van der Waals surface area (Å²) in [5.41, 5.74) is 7.10. The molecule has 0 fully saturated rings. The van der Waals surface area contributed by atoms with Crippen molar-refractivity contribution in [1.29, 1.82) is 0 Å². The first-order valence-electron chi connectivity index (χ1n) is 13.3. The molecule has 222 valence electrons. The Bertz CT molecular complexity index is 1190. The van der Waals surface area contributed by atoms with Crippen molar-refractivity contribution < 1.29 is 39.3 Å². The summed E-state index contributed by atoms with van der Waals surface area (Å²) in [6.07, 6.45) is 0.0397. The van der Waals surface area contributed by atoms with Crippen molar-refractivity contribution >= 4 is 29.7 Å². The van der Waals surface area contributed by atoms with Crippen LogP contribution in [0.4, 0.5) is 0 Å². The van der Waals surface area contributed by atoms with Gasteiger partial charge in [0.1, 0.15) is 23.9 Å². The number of aromatic hydroxyl groups is 1. The molecule has 0 saturated heterocycles. The smallest absolute Gasteiger partial charge is 0.326 e. The Hall–Kier alpha value is -4.45. The summed E-state index contributed by atoms with van der Waals surface area (Å²) >= 11 is 0. The molecule has 5 atom stereocenters. The molecular weight excluding hydrogens is 532 g/mol. The summed E-state index contributed by atoms with van der Waals surface area (Å²) in [4.78, 5) is 62.3. The first kappa shape index (κ1) is 32.8. The van der Waals surface area contributed by atoms with Gasteiger partial charge in [-0.25, -0.2) is 4.79 Å². The second-order valence-corrected chi connectivity index (χ2v) is 9.93. The van der Waals surface area contributed by atoms with Gasteiger partial charge in [0.2, 0.25) is 17.7 Å². The van der Waals surface area contributed by atoms with E-state index < -0.39 is 53.8 Å². The van der Waals surface area contributed by atoms with Gasteiger partial charge in [0.15, 0.2) is 0 Å². The van der Waals surface area contributed by atoms with Crippen LogP contribution in [-0.4, -0.2) is 69.1 Å². The first-order valence-corrected chi connectivity index (χ1v) is 13.3. The molecule has 12 nitrogen and oxygen atoms in total. The van der Waals surface area contributed by atoms with Crippen molar-refractivity contribution in [2.75, 3.05) is 0 Å². The van der Waals surface area contributed by atoms with Crippen molar-refractivity contribution in [3.63, 3.8) is 0 Å². The van der Waals surface area contributed by atoms with E-state index in [1.54, 1.807) is 49.4 Å². The summed E-state index contributed by atoms with van der Waals surface area (Å²) in [6, 6.07) is 9.99. The number of aliphatic carboxylic acids is 2. The molecule has 2 rings (SSSR count). The predicted molar refractivity (Wildman–Crippen MR) is 150 cm³/mol. The van der Waals surface area contributed by atoms with Crippen LogP contribution in [0.1, 0.15) is 44.2 Å². The Balaban J connectivity index is 2.25. The minimum Gasteiger partial charge on any atom is -0.508 e. The molecule has 41 heavy (non-hydrogen) atoms. The standard InChI is InChI=1S/C29H38N4O8/c1-3-17(2)25(33-26(37)21(30)13-14-24(35)36)28(39)31-22(15-18-7-5-4-6-8-18)27(38)32-23(29(40)41)16-19-9-11-20(34)12-10-19/h4-12,17,21-23,25,34H,3,13-16,30H2,1-2H3,(H,31,39)(H,32,38)(H,33,37)(H,35,36)(H,40,41). The highest BCUT2D eigenvalue weighted by atomic mass is 16.4. The fourth-order valence-electron chi connectivity index (χ4n) is 4.03. The van der Waals surface area contributed by atoms with E-state index in [4.69, 9.17) is 10.8 Å². The number of rotatable bonds is 16. The van der Waals surface area contributed by atoms with Gasteiger partial charge in [-0.1, -0.05) is 62.7 Å². The molecule has 0 heterocycles. The molecule has 2 aromatic rings. The zero-order valence-electron chi connectivity index (χ0n) is 23.1. The number of amides is 3. The van der Waals surface area contributed by atoms with E-state index in [9.17, 15) is 34.2 Å². The molecule has 0 aromatic heterocycles. The van der Waals surface area contributed by atoms with Gasteiger partial charge in [-0.05, 0) is 35.6 Å². The van der Waals surface area contributed by atoms with Crippen LogP contribution >= 0.6 is 0 Å². The van der Waals surface area contributed by atoms with Gasteiger partial charge in [-0.2, -0.15) is 0 Å². The molecule has 0 aliphatic heterocycles. The molecule has 3 amide bonds. The molecule has 5 unspecified atom stereocenters. The topological polar surface area (TPSA) is 208 Å². The molecule has 0 aliphatic carbocycles. The second kappa shape index (κ2) is 16.0. The van der Waals surface area contributed by atoms with Crippen LogP contribution in [-0.2, 0) is 36.8 Å². The highest BCUT2D eigenvalue weighted by molar-refractivity contribution is 5.94. The van der Waals surface area contributed by atoms with Gasteiger partial charge in [-0.3, -0.25) is 19.2 Å². The van der Waals surface area contributed by atoms with Crippen LogP contribution in [0.3, 0.4) is 0 Å². The third-order valence-electron chi connectivity index (χ3n) is 6.71. The van der Waals surface area contributed by atoms with E-state index in [2.05, 4.69) is 16.0 Å². The van der Waals surface area contributed by atoms with E-state index in [1.807, 2.05) is 6.92 Å². The number of hydrogen-bond acceptors (Lipinski definition) is 7. The van der Waals surface area contributed by atoms with Crippen molar-refractivity contribution in [3.8, 4) is 5.75 Å². The number of carbonyl (C=O) groups is 5. The molecule has 0 spiro atoms. The number of phenols is 1. The largest absolute Gasteiger partial charge is 0.508 e. The highest BCUT2D eigenvalue weighted by Crippen LogP contribution is 2.13. The summed E-state index contributed by atoms with van der Waals surface area (Å²) in [5.74, 6) is -4.84. The van der Waals surface area contributed by atoms with Crippen LogP contribution in [0.25, 0.3) is 0 Å². The van der Waals surface area contributed by atoms with Crippen molar-refractivity contribution in [1.82, 2.24) is 16.0 Å². The highest BCUT2D eigenvalue weighted by Gasteiger charge is 2.32. The average molecular weight is 571 g/mol. The van der Waals surface area contributed by atoms with Gasteiger partial charge in [0.25, 0.3) is 0 Å². The van der Waals surface area contributed by atoms with Crippen LogP contribution < -0.4 is 21.7 Å². The zero-order chi connectivity index (χ0) is 30.5. The Kier molecular flexibility index (Phi) is 12.8. The lowest BCUT2D eigenvalue weighted by molar-refractivity contribution is -0.142. The van der Waals surface area contributed by atoms with Gasteiger partial charge < -0.3 is 37.0 Å². The molecule has 2 aromatic carbocycles. The van der Waals surface area contributed by atoms with E-state index in [0.29, 0.717) is 17.5 Å². The van der Waals surface area contributed by atoms with Crippen molar-refractivity contribution in [3.05, 3.63) is 65.7 Å². The SMILES string of the molecule is CCC(C)C(NC(=O)C(N)CCC(=O)O)C(=O)NC(Cc1ccccc1)C(=O)NC(Cc1ccc(O)cc1)C(=O)O. The number of carbonyl (C=O) groups excluding carboxylic acids is 3. The minimum atomic E-state index is -1.32. The fraction of sp³-hybridized carbons (Fsp3) is 0.414. The van der Waals surface area contributed by atoms with E-state index in [-0.39, 0.29) is 37.4 Å². The minimum absolute atomic E-state index is 0.0149. The monoisotopic (exact) mass is 570 g/mol. The molecule has 0 saturated carbocycles. The lowest BCUT2D eigenvalue weighted by atomic mass is 9.96. The van der Waals surface area contributed by atoms with Crippen LogP contribution in [0.5, 0.6) is 5.75 Å². The van der Waals surface area contributed by atoms with Crippen molar-refractivity contribution in [2.24, 2.45) is 11.7 Å². The normalized spacial score (nSPS) is 14.5. The van der Waals surface area contributed by atoms with Gasteiger partial charge in [0.05, 0.1) is 6.04 Å². The van der Waals surface area contributed by atoms with Gasteiger partial charge in [-0.15, -0.1) is 0 Å². The number of carboxylic acids is 2. The second-order valence-electron chi connectivity index (χ2n) is 9.93. The molecule has 12 heteroatoms. The maximum Gasteiger partial charge on any atom is 0.326 e. The van der Waals surface area contributed by atoms with E-state index in [1.165, 1.54) is 12.1 Å². The summed E-state index contributed by atoms with van der Waals surface area (Å²) in [5, 5.41) is 35.9. The fourth-order valence-corrected chi connectivity index (χ4v) is 4.03. The lowest BCUT2D eigenvalue weighted by Crippen LogP contribution is -2.59. The third kappa shape index (κ3) is 10.9. The van der Waals surface area contributed by atoms with Crippen molar-refractivity contribution in [2.45, 2.75) is 70.1 Å². The Morgan fingerprint density at radius 3 is 1.90 bits per heavy atom. The number of nitrogens with two attached hydrogens (primary N) is 1. The number of phenolic OH excluding ortho intramolecular Hbond substituents is 1. The molecule has 0 aliphatic rings. The van der Waals surface area contributed by atoms with E-state index in [0.717, 1.165) is 0 Å². The molecular formula is C29H38N4O8. The zero-order valence-corrected chi connectivity index (χ0v) is 23.1. The van der Waals surface area contributed by atoms with Gasteiger partial charge >= 0.3 is 11.9 Å². The van der Waals surface area contributed by atoms with E-state index >= 15 is 0 Å². The number of benzene rings is 2. The lowest BCUT2D eigenvalue weighted by Gasteiger charge is -2.28. The maximum atomic E-state index is 13.4. The Labute approximate surface area is 238 Å². The molecule has 8 N–H and O–H groups in total. The maximum absolute atomic E-state index is 13.4. The Morgan fingerprint density at radius 1 is 0.780 bits per heavy atom.